The van der Waals surface area contributed by atoms with Gasteiger partial charge in [0.25, 0.3) is 5.91 Å². The van der Waals surface area contributed by atoms with Gasteiger partial charge in [-0.25, -0.2) is 14.4 Å². The number of carbonyl (C=O) groups excluding carboxylic acids is 1. The Labute approximate surface area is 127 Å². The van der Waals surface area contributed by atoms with Crippen LogP contribution >= 0.6 is 0 Å². The number of carbonyl (C=O) groups is 1. The molecule has 1 aliphatic rings. The zero-order valence-electron chi connectivity index (χ0n) is 12.0. The van der Waals surface area contributed by atoms with E-state index in [0.29, 0.717) is 12.3 Å². The number of benzene rings is 1. The Morgan fingerprint density at radius 3 is 3.09 bits per heavy atom. The lowest BCUT2D eigenvalue weighted by Gasteiger charge is -2.24. The minimum absolute atomic E-state index is 0.0355. The molecule has 1 fully saturated rings. The van der Waals surface area contributed by atoms with Crippen molar-refractivity contribution in [3.05, 3.63) is 54.4 Å². The highest BCUT2D eigenvalue weighted by Gasteiger charge is 2.30. The van der Waals surface area contributed by atoms with Crippen molar-refractivity contribution in [2.45, 2.75) is 18.9 Å². The summed E-state index contributed by atoms with van der Waals surface area (Å²) in [5.74, 6) is -0.151. The van der Waals surface area contributed by atoms with E-state index in [4.69, 9.17) is 4.74 Å². The van der Waals surface area contributed by atoms with Crippen molar-refractivity contribution < 1.29 is 13.9 Å². The van der Waals surface area contributed by atoms with Gasteiger partial charge < -0.3 is 9.64 Å². The van der Waals surface area contributed by atoms with Crippen LogP contribution in [0.1, 0.15) is 24.6 Å². The third-order valence-electron chi connectivity index (χ3n) is 3.68. The number of nitrogens with zero attached hydrogens (tertiary/aromatic N) is 3. The van der Waals surface area contributed by atoms with Crippen LogP contribution in [-0.4, -0.2) is 33.9 Å². The third-order valence-corrected chi connectivity index (χ3v) is 3.68. The second kappa shape index (κ2) is 6.51. The van der Waals surface area contributed by atoms with Gasteiger partial charge in [0.15, 0.2) is 6.61 Å². The molecule has 3 rings (SSSR count). The predicted octanol–water partition coefficient (Wildman–Crippen LogP) is 2.36. The van der Waals surface area contributed by atoms with E-state index in [0.717, 1.165) is 18.5 Å². The van der Waals surface area contributed by atoms with E-state index in [2.05, 4.69) is 9.97 Å². The molecule has 22 heavy (non-hydrogen) atoms. The molecule has 0 bridgehead atoms. The van der Waals surface area contributed by atoms with Crippen LogP contribution in [-0.2, 0) is 4.79 Å². The molecule has 5 nitrogen and oxygen atoms in total. The largest absolute Gasteiger partial charge is 0.484 e. The van der Waals surface area contributed by atoms with Gasteiger partial charge in [-0.3, -0.25) is 4.79 Å². The summed E-state index contributed by atoms with van der Waals surface area (Å²) in [5.41, 5.74) is 0.839. The van der Waals surface area contributed by atoms with E-state index in [1.54, 1.807) is 23.2 Å². The van der Waals surface area contributed by atoms with Gasteiger partial charge in [-0.2, -0.15) is 0 Å². The summed E-state index contributed by atoms with van der Waals surface area (Å²) in [6, 6.07) is 7.56. The zero-order chi connectivity index (χ0) is 15.4. The van der Waals surface area contributed by atoms with Crippen molar-refractivity contribution >= 4 is 5.91 Å². The Morgan fingerprint density at radius 1 is 1.41 bits per heavy atom. The molecule has 0 unspecified atom stereocenters. The van der Waals surface area contributed by atoms with Crippen molar-refractivity contribution in [3.63, 3.8) is 0 Å². The van der Waals surface area contributed by atoms with E-state index in [1.165, 1.54) is 18.5 Å². The number of likely N-dealkylation sites (tertiary alicyclic amines) is 1. The third kappa shape index (κ3) is 3.21. The van der Waals surface area contributed by atoms with Crippen molar-refractivity contribution in [2.75, 3.05) is 13.2 Å². The number of hydrogen-bond acceptors (Lipinski definition) is 4. The van der Waals surface area contributed by atoms with Crippen molar-refractivity contribution in [1.29, 1.82) is 0 Å². The van der Waals surface area contributed by atoms with Crippen LogP contribution in [0, 0.1) is 5.82 Å². The normalized spacial score (nSPS) is 17.5. The van der Waals surface area contributed by atoms with Crippen LogP contribution < -0.4 is 4.74 Å². The van der Waals surface area contributed by atoms with Gasteiger partial charge in [-0.1, -0.05) is 6.07 Å². The molecule has 0 N–H and O–H groups in total. The predicted molar refractivity (Wildman–Crippen MR) is 77.6 cm³/mol. The molecular formula is C16H16FN3O2. The highest BCUT2D eigenvalue weighted by Crippen LogP contribution is 2.30. The summed E-state index contributed by atoms with van der Waals surface area (Å²) in [7, 11) is 0. The lowest BCUT2D eigenvalue weighted by molar-refractivity contribution is -0.134. The van der Waals surface area contributed by atoms with E-state index in [1.807, 2.05) is 6.07 Å². The molecule has 1 atom stereocenters. The summed E-state index contributed by atoms with van der Waals surface area (Å²) < 4.78 is 18.5. The van der Waals surface area contributed by atoms with Crippen LogP contribution in [0.2, 0.25) is 0 Å². The number of halogens is 1. The van der Waals surface area contributed by atoms with Gasteiger partial charge in [0.05, 0.1) is 11.7 Å². The highest BCUT2D eigenvalue weighted by atomic mass is 19.1. The van der Waals surface area contributed by atoms with Crippen LogP contribution in [0.5, 0.6) is 5.75 Å². The van der Waals surface area contributed by atoms with Gasteiger partial charge >= 0.3 is 0 Å². The number of rotatable bonds is 4. The monoisotopic (exact) mass is 301 g/mol. The first-order valence-corrected chi connectivity index (χ1v) is 7.18. The molecule has 0 aliphatic carbocycles. The van der Waals surface area contributed by atoms with Crippen molar-refractivity contribution in [1.82, 2.24) is 14.9 Å². The van der Waals surface area contributed by atoms with E-state index < -0.39 is 0 Å². The summed E-state index contributed by atoms with van der Waals surface area (Å²) in [6.45, 7) is 0.574. The standard InChI is InChI=1S/C16H16FN3O2/c17-12-3-1-4-13(9-12)22-10-16(21)20-8-2-5-15(20)14-6-7-18-11-19-14/h1,3-4,6-7,9,11,15H,2,5,8,10H2/t15-/m0/s1. The second-order valence-corrected chi connectivity index (χ2v) is 5.13. The molecule has 1 aromatic carbocycles. The van der Waals surface area contributed by atoms with E-state index in [9.17, 15) is 9.18 Å². The highest BCUT2D eigenvalue weighted by molar-refractivity contribution is 5.78. The SMILES string of the molecule is O=C(COc1cccc(F)c1)N1CCC[C@H]1c1ccncn1. The molecule has 2 aromatic rings. The Bertz CT molecular complexity index is 651. The molecule has 2 heterocycles. The summed E-state index contributed by atoms with van der Waals surface area (Å²) >= 11 is 0. The summed E-state index contributed by atoms with van der Waals surface area (Å²) in [6.07, 6.45) is 4.97. The first kappa shape index (κ1) is 14.4. The maximum atomic E-state index is 13.1. The van der Waals surface area contributed by atoms with Crippen LogP contribution in [0.3, 0.4) is 0 Å². The number of ether oxygens (including phenoxy) is 1. The number of aromatic nitrogens is 2. The molecule has 0 radical (unpaired) electrons. The van der Waals surface area contributed by atoms with Crippen LogP contribution in [0.25, 0.3) is 0 Å². The molecular weight excluding hydrogens is 285 g/mol. The number of hydrogen-bond donors (Lipinski definition) is 0. The van der Waals surface area contributed by atoms with Crippen LogP contribution in [0.15, 0.2) is 42.9 Å². The average Bonchev–Trinajstić information content (AvgIpc) is 3.03. The maximum Gasteiger partial charge on any atom is 0.261 e. The summed E-state index contributed by atoms with van der Waals surface area (Å²) in [5, 5.41) is 0. The molecule has 6 heteroatoms. The molecule has 1 amide bonds. The topological polar surface area (TPSA) is 55.3 Å². The first-order chi connectivity index (χ1) is 10.7. The molecule has 0 saturated carbocycles. The lowest BCUT2D eigenvalue weighted by Crippen LogP contribution is -2.34. The Kier molecular flexibility index (Phi) is 4.27. The summed E-state index contributed by atoms with van der Waals surface area (Å²) in [4.78, 5) is 22.2. The quantitative estimate of drug-likeness (QED) is 0.870. The fourth-order valence-electron chi connectivity index (χ4n) is 2.66. The van der Waals surface area contributed by atoms with Crippen molar-refractivity contribution in [2.24, 2.45) is 0 Å². The Balaban J connectivity index is 1.64. The molecule has 1 aliphatic heterocycles. The molecule has 0 spiro atoms. The average molecular weight is 301 g/mol. The zero-order valence-corrected chi connectivity index (χ0v) is 12.0. The fraction of sp³-hybridized carbons (Fsp3) is 0.312. The Morgan fingerprint density at radius 2 is 2.32 bits per heavy atom. The minimum Gasteiger partial charge on any atom is -0.484 e. The second-order valence-electron chi connectivity index (χ2n) is 5.13. The molecule has 1 aromatic heterocycles. The van der Waals surface area contributed by atoms with Gasteiger partial charge in [-0.15, -0.1) is 0 Å². The maximum absolute atomic E-state index is 13.1. The van der Waals surface area contributed by atoms with Gasteiger partial charge in [-0.05, 0) is 31.0 Å². The van der Waals surface area contributed by atoms with Gasteiger partial charge in [0, 0.05) is 18.8 Å². The lowest BCUT2D eigenvalue weighted by atomic mass is 10.1. The van der Waals surface area contributed by atoms with Gasteiger partial charge in [0.1, 0.15) is 17.9 Å². The van der Waals surface area contributed by atoms with Crippen molar-refractivity contribution in [3.8, 4) is 5.75 Å². The fourth-order valence-corrected chi connectivity index (χ4v) is 2.66. The minimum atomic E-state index is -0.384. The van der Waals surface area contributed by atoms with Crippen LogP contribution in [0.4, 0.5) is 4.39 Å². The van der Waals surface area contributed by atoms with Gasteiger partial charge in [0.2, 0.25) is 0 Å². The van der Waals surface area contributed by atoms with E-state index >= 15 is 0 Å². The first-order valence-electron chi connectivity index (χ1n) is 7.18. The van der Waals surface area contributed by atoms with E-state index in [-0.39, 0.29) is 24.4 Å². The molecule has 114 valence electrons. The number of amides is 1. The Hall–Kier alpha value is -2.50. The molecule has 1 saturated heterocycles. The smallest absolute Gasteiger partial charge is 0.261 e.